The van der Waals surface area contributed by atoms with E-state index in [0.29, 0.717) is 16.3 Å². The zero-order valence-corrected chi connectivity index (χ0v) is 12.8. The van der Waals surface area contributed by atoms with E-state index < -0.39 is 0 Å². The monoisotopic (exact) mass is 316 g/mol. The van der Waals surface area contributed by atoms with Crippen molar-refractivity contribution in [2.75, 3.05) is 5.32 Å². The van der Waals surface area contributed by atoms with Crippen LogP contribution in [0.2, 0.25) is 0 Å². The van der Waals surface area contributed by atoms with Crippen LogP contribution < -0.4 is 5.32 Å². The van der Waals surface area contributed by atoms with E-state index in [1.165, 1.54) is 17.4 Å². The fraction of sp³-hybridized carbons (Fsp3) is 0.0667. The maximum Gasteiger partial charge on any atom is 0.267 e. The zero-order chi connectivity index (χ0) is 14.8. The molecular formula is C15H12N2O2S2. The molecule has 1 aromatic carbocycles. The minimum absolute atomic E-state index is 0.0477. The number of hydrogen-bond acceptors (Lipinski definition) is 5. The smallest absolute Gasteiger partial charge is 0.267 e. The zero-order valence-electron chi connectivity index (χ0n) is 11.2. The molecule has 3 rings (SSSR count). The Morgan fingerprint density at radius 3 is 2.76 bits per heavy atom. The summed E-state index contributed by atoms with van der Waals surface area (Å²) < 4.78 is 0. The Bertz CT molecular complexity index is 779. The third-order valence-corrected chi connectivity index (χ3v) is 5.08. The summed E-state index contributed by atoms with van der Waals surface area (Å²) in [6.07, 6.45) is 0. The first-order chi connectivity index (χ1) is 10.1. The summed E-state index contributed by atoms with van der Waals surface area (Å²) in [7, 11) is 0. The maximum absolute atomic E-state index is 12.3. The van der Waals surface area contributed by atoms with Crippen molar-refractivity contribution in [1.82, 2.24) is 4.98 Å². The summed E-state index contributed by atoms with van der Waals surface area (Å²) in [6, 6.07) is 10.6. The highest BCUT2D eigenvalue weighted by Crippen LogP contribution is 2.32. The summed E-state index contributed by atoms with van der Waals surface area (Å²) in [5.41, 5.74) is 1.09. The molecule has 0 saturated carbocycles. The summed E-state index contributed by atoms with van der Waals surface area (Å²) in [4.78, 5) is 18.4. The van der Waals surface area contributed by atoms with Gasteiger partial charge in [0, 0.05) is 0 Å². The van der Waals surface area contributed by atoms with Crippen LogP contribution in [0.15, 0.2) is 41.8 Å². The molecule has 3 aromatic rings. The predicted octanol–water partition coefficient (Wildman–Crippen LogP) is 4.14. The molecule has 0 aliphatic carbocycles. The molecule has 1 amide bonds. The van der Waals surface area contributed by atoms with Crippen molar-refractivity contribution < 1.29 is 9.90 Å². The fourth-order valence-corrected chi connectivity index (χ4v) is 3.63. The van der Waals surface area contributed by atoms with E-state index in [9.17, 15) is 9.90 Å². The van der Waals surface area contributed by atoms with E-state index in [1.54, 1.807) is 29.5 Å². The highest BCUT2D eigenvalue weighted by molar-refractivity contribution is 7.22. The molecule has 21 heavy (non-hydrogen) atoms. The van der Waals surface area contributed by atoms with Gasteiger partial charge in [-0.15, -0.1) is 22.7 Å². The van der Waals surface area contributed by atoms with Crippen LogP contribution in [0.3, 0.4) is 0 Å². The number of aryl methyl sites for hydroxylation is 1. The number of amides is 1. The fourth-order valence-electron chi connectivity index (χ4n) is 1.87. The van der Waals surface area contributed by atoms with Gasteiger partial charge in [0.15, 0.2) is 0 Å². The van der Waals surface area contributed by atoms with Gasteiger partial charge >= 0.3 is 0 Å². The molecule has 0 bridgehead atoms. The average molecular weight is 316 g/mol. The molecule has 6 heteroatoms. The lowest BCUT2D eigenvalue weighted by Gasteiger charge is -2.05. The van der Waals surface area contributed by atoms with Gasteiger partial charge in [0.2, 0.25) is 0 Å². The average Bonchev–Trinajstić information content (AvgIpc) is 3.10. The van der Waals surface area contributed by atoms with Crippen molar-refractivity contribution >= 4 is 34.3 Å². The second-order valence-corrected chi connectivity index (χ2v) is 6.33. The third-order valence-electron chi connectivity index (χ3n) is 2.89. The van der Waals surface area contributed by atoms with Gasteiger partial charge in [-0.3, -0.25) is 4.79 Å². The quantitative estimate of drug-likeness (QED) is 0.714. The van der Waals surface area contributed by atoms with Gasteiger partial charge in [0.1, 0.15) is 15.6 Å². The number of thiophene rings is 1. The lowest BCUT2D eigenvalue weighted by atomic mass is 10.3. The van der Waals surface area contributed by atoms with Gasteiger partial charge in [-0.2, -0.15) is 0 Å². The van der Waals surface area contributed by atoms with Crippen molar-refractivity contribution in [3.05, 3.63) is 52.3 Å². The number of anilines is 1. The minimum Gasteiger partial charge on any atom is -0.506 e. The van der Waals surface area contributed by atoms with Crippen LogP contribution in [-0.2, 0) is 0 Å². The number of phenols is 1. The molecule has 0 atom stereocenters. The van der Waals surface area contributed by atoms with Gasteiger partial charge < -0.3 is 10.4 Å². The van der Waals surface area contributed by atoms with Gasteiger partial charge in [-0.1, -0.05) is 18.2 Å². The number of hydrogen-bond donors (Lipinski definition) is 2. The number of nitrogens with zero attached hydrogens (tertiary/aromatic N) is 1. The number of nitrogens with one attached hydrogen (secondary N) is 1. The molecule has 106 valence electrons. The standard InChI is InChI=1S/C15H12N2O2S2/c1-9-13(21-15(16-9)12-7-4-8-20-12)14(19)17-10-5-2-3-6-11(10)18/h2-8,18H,1H3,(H,17,19). The van der Waals surface area contributed by atoms with Gasteiger partial charge in [0.05, 0.1) is 16.3 Å². The molecule has 0 fully saturated rings. The Balaban J connectivity index is 1.87. The first-order valence-electron chi connectivity index (χ1n) is 6.26. The highest BCUT2D eigenvalue weighted by atomic mass is 32.1. The van der Waals surface area contributed by atoms with Gasteiger partial charge in [-0.05, 0) is 30.5 Å². The van der Waals surface area contributed by atoms with Crippen LogP contribution >= 0.6 is 22.7 Å². The van der Waals surface area contributed by atoms with Crippen molar-refractivity contribution in [3.63, 3.8) is 0 Å². The second-order valence-electron chi connectivity index (χ2n) is 4.38. The van der Waals surface area contributed by atoms with Gasteiger partial charge in [-0.25, -0.2) is 4.98 Å². The molecule has 0 aliphatic rings. The molecule has 0 unspecified atom stereocenters. The summed E-state index contributed by atoms with van der Waals surface area (Å²) in [5.74, 6) is -0.208. The van der Waals surface area contributed by atoms with Crippen LogP contribution in [0.5, 0.6) is 5.75 Å². The second kappa shape index (κ2) is 5.67. The first kappa shape index (κ1) is 13.8. The Labute approximate surface area is 129 Å². The first-order valence-corrected chi connectivity index (χ1v) is 7.95. The topological polar surface area (TPSA) is 62.2 Å². The SMILES string of the molecule is Cc1nc(-c2cccs2)sc1C(=O)Nc1ccccc1O. The molecule has 0 aliphatic heterocycles. The van der Waals surface area contributed by atoms with Crippen LogP contribution in [0.25, 0.3) is 9.88 Å². The van der Waals surface area contributed by atoms with E-state index in [0.717, 1.165) is 9.88 Å². The molecule has 4 nitrogen and oxygen atoms in total. The molecule has 2 N–H and O–H groups in total. The number of aromatic nitrogens is 1. The Morgan fingerprint density at radius 2 is 2.05 bits per heavy atom. The molecule has 0 spiro atoms. The molecule has 0 saturated heterocycles. The van der Waals surface area contributed by atoms with Gasteiger partial charge in [0.25, 0.3) is 5.91 Å². The van der Waals surface area contributed by atoms with Crippen LogP contribution in [0.4, 0.5) is 5.69 Å². The number of benzene rings is 1. The van der Waals surface area contributed by atoms with Crippen LogP contribution in [0.1, 0.15) is 15.4 Å². The number of rotatable bonds is 3. The van der Waals surface area contributed by atoms with Crippen molar-refractivity contribution in [2.24, 2.45) is 0 Å². The molecule has 2 aromatic heterocycles. The minimum atomic E-state index is -0.255. The van der Waals surface area contributed by atoms with E-state index in [2.05, 4.69) is 10.3 Å². The Hall–Kier alpha value is -2.18. The maximum atomic E-state index is 12.3. The van der Waals surface area contributed by atoms with E-state index in [1.807, 2.05) is 24.4 Å². The number of phenolic OH excluding ortho intramolecular Hbond substituents is 1. The van der Waals surface area contributed by atoms with E-state index in [4.69, 9.17) is 0 Å². The van der Waals surface area contributed by atoms with Crippen LogP contribution in [0, 0.1) is 6.92 Å². The van der Waals surface area contributed by atoms with E-state index >= 15 is 0 Å². The Morgan fingerprint density at radius 1 is 1.24 bits per heavy atom. The lowest BCUT2D eigenvalue weighted by Crippen LogP contribution is -2.11. The number of para-hydroxylation sites is 2. The number of aromatic hydroxyl groups is 1. The summed E-state index contributed by atoms with van der Waals surface area (Å²) in [5, 5.41) is 15.2. The number of carbonyl (C=O) groups is 1. The molecule has 2 heterocycles. The number of thiazole rings is 1. The predicted molar refractivity (Wildman–Crippen MR) is 86.2 cm³/mol. The van der Waals surface area contributed by atoms with Crippen LogP contribution in [-0.4, -0.2) is 16.0 Å². The third kappa shape index (κ3) is 2.81. The molecule has 0 radical (unpaired) electrons. The molecular weight excluding hydrogens is 304 g/mol. The lowest BCUT2D eigenvalue weighted by molar-refractivity contribution is 0.102. The van der Waals surface area contributed by atoms with E-state index in [-0.39, 0.29) is 11.7 Å². The normalized spacial score (nSPS) is 10.5. The van der Waals surface area contributed by atoms with Crippen molar-refractivity contribution in [2.45, 2.75) is 6.92 Å². The van der Waals surface area contributed by atoms with Crippen molar-refractivity contribution in [1.29, 1.82) is 0 Å². The van der Waals surface area contributed by atoms with Crippen molar-refractivity contribution in [3.8, 4) is 15.6 Å². The summed E-state index contributed by atoms with van der Waals surface area (Å²) >= 11 is 2.95. The Kier molecular flexibility index (Phi) is 3.72. The summed E-state index contributed by atoms with van der Waals surface area (Å²) in [6.45, 7) is 1.81. The number of carbonyl (C=O) groups excluding carboxylic acids is 1. The highest BCUT2D eigenvalue weighted by Gasteiger charge is 2.17. The largest absolute Gasteiger partial charge is 0.506 e.